The molecule has 0 radical (unpaired) electrons. The van der Waals surface area contributed by atoms with E-state index in [2.05, 4.69) is 9.97 Å². The zero-order chi connectivity index (χ0) is 12.5. The minimum Gasteiger partial charge on any atom is -0.388 e. The lowest BCUT2D eigenvalue weighted by atomic mass is 9.92. The molecule has 6 heteroatoms. The first-order chi connectivity index (χ1) is 8.04. The molecule has 0 atom stereocenters. The van der Waals surface area contributed by atoms with E-state index in [-0.39, 0.29) is 12.1 Å². The van der Waals surface area contributed by atoms with Crippen molar-refractivity contribution >= 4 is 5.82 Å². The lowest BCUT2D eigenvalue weighted by molar-refractivity contribution is 0.0248. The summed E-state index contributed by atoms with van der Waals surface area (Å²) < 4.78 is 0. The molecule has 0 aromatic carbocycles. The van der Waals surface area contributed by atoms with Gasteiger partial charge in [-0.2, -0.15) is 0 Å². The third-order valence-electron chi connectivity index (χ3n) is 3.27. The lowest BCUT2D eigenvalue weighted by Crippen LogP contribution is -2.50. The molecule has 0 saturated carbocycles. The van der Waals surface area contributed by atoms with Crippen LogP contribution in [-0.4, -0.2) is 40.3 Å². The van der Waals surface area contributed by atoms with E-state index in [9.17, 15) is 9.90 Å². The number of H-pyrrole nitrogens is 1. The van der Waals surface area contributed by atoms with E-state index >= 15 is 0 Å². The maximum Gasteiger partial charge on any atom is 0.291 e. The molecule has 17 heavy (non-hydrogen) atoms. The number of aromatic amines is 1. The van der Waals surface area contributed by atoms with Gasteiger partial charge in [-0.05, 0) is 19.8 Å². The second kappa shape index (κ2) is 4.46. The molecule has 1 aromatic heterocycles. The Morgan fingerprint density at radius 3 is 2.76 bits per heavy atom. The Morgan fingerprint density at radius 2 is 2.24 bits per heavy atom. The smallest absolute Gasteiger partial charge is 0.291 e. The van der Waals surface area contributed by atoms with Gasteiger partial charge in [0.25, 0.3) is 5.56 Å². The zero-order valence-electron chi connectivity index (χ0n) is 9.94. The molecule has 0 aliphatic carbocycles. The monoisotopic (exact) mass is 238 g/mol. The highest BCUT2D eigenvalue weighted by molar-refractivity contribution is 5.36. The minimum absolute atomic E-state index is 0.178. The molecule has 94 valence electrons. The fourth-order valence-corrected chi connectivity index (χ4v) is 2.05. The van der Waals surface area contributed by atoms with Crippen LogP contribution in [0.1, 0.15) is 18.5 Å². The number of rotatable bonds is 2. The molecule has 0 bridgehead atoms. The largest absolute Gasteiger partial charge is 0.388 e. The van der Waals surface area contributed by atoms with Crippen LogP contribution in [0.4, 0.5) is 5.82 Å². The number of hydrogen-bond donors (Lipinski definition) is 3. The topological polar surface area (TPSA) is 95.2 Å². The number of aromatic nitrogens is 2. The lowest BCUT2D eigenvalue weighted by Gasteiger charge is -2.37. The maximum atomic E-state index is 11.7. The molecular formula is C11H18N4O2. The van der Waals surface area contributed by atoms with Crippen molar-refractivity contribution in [2.24, 2.45) is 5.73 Å². The summed E-state index contributed by atoms with van der Waals surface area (Å²) in [7, 11) is 0. The van der Waals surface area contributed by atoms with E-state index in [0.717, 1.165) is 5.69 Å². The Balaban J connectivity index is 2.13. The number of nitrogens with two attached hydrogens (primary N) is 1. The molecule has 1 aliphatic heterocycles. The van der Waals surface area contributed by atoms with Gasteiger partial charge in [-0.3, -0.25) is 4.79 Å². The molecule has 1 aliphatic rings. The van der Waals surface area contributed by atoms with Crippen LogP contribution in [0.3, 0.4) is 0 Å². The molecule has 1 saturated heterocycles. The van der Waals surface area contributed by atoms with Crippen LogP contribution in [-0.2, 0) is 0 Å². The summed E-state index contributed by atoms with van der Waals surface area (Å²) in [6.07, 6.45) is 2.78. The van der Waals surface area contributed by atoms with Gasteiger partial charge in [0, 0.05) is 31.5 Å². The Hall–Kier alpha value is -1.40. The summed E-state index contributed by atoms with van der Waals surface area (Å²) in [5, 5.41) is 10.0. The van der Waals surface area contributed by atoms with Crippen LogP contribution < -0.4 is 16.2 Å². The molecule has 0 amide bonds. The second-order valence-corrected chi connectivity index (χ2v) is 4.63. The SMILES string of the molecule is Cc1cnc(N2CCC(O)(CN)CC2)c(=O)[nH]1. The first-order valence-corrected chi connectivity index (χ1v) is 5.77. The van der Waals surface area contributed by atoms with Crippen LogP contribution >= 0.6 is 0 Å². The van der Waals surface area contributed by atoms with Gasteiger partial charge in [0.05, 0.1) is 5.60 Å². The first-order valence-electron chi connectivity index (χ1n) is 5.77. The maximum absolute atomic E-state index is 11.7. The predicted molar refractivity (Wildman–Crippen MR) is 65.0 cm³/mol. The third kappa shape index (κ3) is 2.48. The Labute approximate surface area is 99.5 Å². The van der Waals surface area contributed by atoms with E-state index in [1.54, 1.807) is 13.1 Å². The normalized spacial score (nSPS) is 19.4. The summed E-state index contributed by atoms with van der Waals surface area (Å²) in [5.74, 6) is 0.426. The number of nitrogens with one attached hydrogen (secondary N) is 1. The average Bonchev–Trinajstić information content (AvgIpc) is 2.31. The molecule has 0 spiro atoms. The number of nitrogens with zero attached hydrogens (tertiary/aromatic N) is 2. The molecule has 1 aromatic rings. The molecule has 1 fully saturated rings. The number of hydrogen-bond acceptors (Lipinski definition) is 5. The summed E-state index contributed by atoms with van der Waals surface area (Å²) in [4.78, 5) is 20.5. The van der Waals surface area contributed by atoms with Crippen LogP contribution in [0.25, 0.3) is 0 Å². The van der Waals surface area contributed by atoms with Crippen molar-refractivity contribution in [2.45, 2.75) is 25.4 Å². The summed E-state index contributed by atoms with van der Waals surface area (Å²) >= 11 is 0. The van der Waals surface area contributed by atoms with Gasteiger partial charge < -0.3 is 20.7 Å². The summed E-state index contributed by atoms with van der Waals surface area (Å²) in [6.45, 7) is 3.26. The molecule has 2 rings (SSSR count). The van der Waals surface area contributed by atoms with Crippen molar-refractivity contribution in [3.05, 3.63) is 22.2 Å². The fraction of sp³-hybridized carbons (Fsp3) is 0.636. The highest BCUT2D eigenvalue weighted by atomic mass is 16.3. The Bertz CT molecular complexity index is 449. The first kappa shape index (κ1) is 12.1. The van der Waals surface area contributed by atoms with Crippen LogP contribution in [0, 0.1) is 6.92 Å². The van der Waals surface area contributed by atoms with Crippen molar-refractivity contribution in [1.82, 2.24) is 9.97 Å². The third-order valence-corrected chi connectivity index (χ3v) is 3.27. The van der Waals surface area contributed by atoms with Gasteiger partial charge in [0.2, 0.25) is 0 Å². The van der Waals surface area contributed by atoms with Gasteiger partial charge in [0.15, 0.2) is 5.82 Å². The molecule has 0 unspecified atom stereocenters. The van der Waals surface area contributed by atoms with E-state index in [0.29, 0.717) is 31.7 Å². The fourth-order valence-electron chi connectivity index (χ4n) is 2.05. The van der Waals surface area contributed by atoms with Gasteiger partial charge in [-0.1, -0.05) is 0 Å². The van der Waals surface area contributed by atoms with Crippen LogP contribution in [0.5, 0.6) is 0 Å². The highest BCUT2D eigenvalue weighted by Crippen LogP contribution is 2.22. The molecule has 4 N–H and O–H groups in total. The summed E-state index contributed by atoms with van der Waals surface area (Å²) in [5.41, 5.74) is 5.30. The van der Waals surface area contributed by atoms with Crippen molar-refractivity contribution in [3.63, 3.8) is 0 Å². The Morgan fingerprint density at radius 1 is 1.59 bits per heavy atom. The van der Waals surface area contributed by atoms with Gasteiger partial charge in [-0.25, -0.2) is 4.98 Å². The number of aryl methyl sites for hydroxylation is 1. The standard InChI is InChI=1S/C11H18N4O2/c1-8-6-13-9(10(16)14-8)15-4-2-11(17,7-12)3-5-15/h6,17H,2-5,7,12H2,1H3,(H,14,16). The van der Waals surface area contributed by atoms with Crippen LogP contribution in [0.15, 0.2) is 11.0 Å². The van der Waals surface area contributed by atoms with Crippen molar-refractivity contribution in [1.29, 1.82) is 0 Å². The summed E-state index contributed by atoms with van der Waals surface area (Å²) in [6, 6.07) is 0. The van der Waals surface area contributed by atoms with E-state index < -0.39 is 5.60 Å². The number of piperidine rings is 1. The number of anilines is 1. The number of aliphatic hydroxyl groups is 1. The van der Waals surface area contributed by atoms with E-state index in [1.165, 1.54) is 0 Å². The van der Waals surface area contributed by atoms with Crippen LogP contribution in [0.2, 0.25) is 0 Å². The molecule has 2 heterocycles. The van der Waals surface area contributed by atoms with Crippen molar-refractivity contribution in [2.75, 3.05) is 24.5 Å². The Kier molecular flexibility index (Phi) is 3.17. The van der Waals surface area contributed by atoms with E-state index in [4.69, 9.17) is 5.73 Å². The van der Waals surface area contributed by atoms with Crippen molar-refractivity contribution < 1.29 is 5.11 Å². The highest BCUT2D eigenvalue weighted by Gasteiger charge is 2.31. The van der Waals surface area contributed by atoms with Gasteiger partial charge in [-0.15, -0.1) is 0 Å². The average molecular weight is 238 g/mol. The molecular weight excluding hydrogens is 220 g/mol. The quantitative estimate of drug-likeness (QED) is 0.637. The predicted octanol–water partition coefficient (Wildman–Crippen LogP) is -0.632. The van der Waals surface area contributed by atoms with Gasteiger partial charge >= 0.3 is 0 Å². The molecule has 6 nitrogen and oxygen atoms in total. The zero-order valence-corrected chi connectivity index (χ0v) is 9.94. The second-order valence-electron chi connectivity index (χ2n) is 4.63. The van der Waals surface area contributed by atoms with Crippen molar-refractivity contribution in [3.8, 4) is 0 Å². The van der Waals surface area contributed by atoms with Gasteiger partial charge in [0.1, 0.15) is 0 Å². The van der Waals surface area contributed by atoms with E-state index in [1.807, 2.05) is 4.90 Å². The minimum atomic E-state index is -0.784.